The first kappa shape index (κ1) is 13.1. The Hall–Kier alpha value is -1.39. The molecule has 0 spiro atoms. The van der Waals surface area contributed by atoms with Gasteiger partial charge in [0.15, 0.2) is 0 Å². The van der Waals surface area contributed by atoms with Gasteiger partial charge in [-0.3, -0.25) is 4.79 Å². The highest BCUT2D eigenvalue weighted by Crippen LogP contribution is 2.23. The second-order valence-corrected chi connectivity index (χ2v) is 4.37. The van der Waals surface area contributed by atoms with E-state index in [1.54, 1.807) is 0 Å². The minimum atomic E-state index is 0.0235. The Kier molecular flexibility index (Phi) is 4.73. The number of rotatable bonds is 5. The van der Waals surface area contributed by atoms with E-state index in [2.05, 4.69) is 16.7 Å². The van der Waals surface area contributed by atoms with Crippen LogP contribution in [0.2, 0.25) is 0 Å². The highest BCUT2D eigenvalue weighted by molar-refractivity contribution is 5.91. The standard InChI is InChI=1S/C14H20N2O2/c1-2-18-9-7-14(17)16-13-5-3-4-11-10-15-8-6-12(11)13/h3-5,15H,2,6-10H2,1H3,(H,16,17). The number of amides is 1. The molecule has 0 atom stereocenters. The van der Waals surface area contributed by atoms with Gasteiger partial charge in [0.2, 0.25) is 5.91 Å². The first-order chi connectivity index (χ1) is 8.81. The summed E-state index contributed by atoms with van der Waals surface area (Å²) in [5.41, 5.74) is 3.50. The molecule has 1 amide bonds. The van der Waals surface area contributed by atoms with Gasteiger partial charge < -0.3 is 15.4 Å². The average Bonchev–Trinajstić information content (AvgIpc) is 2.39. The fourth-order valence-electron chi connectivity index (χ4n) is 2.17. The van der Waals surface area contributed by atoms with Crippen molar-refractivity contribution < 1.29 is 9.53 Å². The lowest BCUT2D eigenvalue weighted by Crippen LogP contribution is -2.25. The monoisotopic (exact) mass is 248 g/mol. The van der Waals surface area contributed by atoms with Crippen LogP contribution in [0.5, 0.6) is 0 Å². The number of benzene rings is 1. The lowest BCUT2D eigenvalue weighted by Gasteiger charge is -2.20. The van der Waals surface area contributed by atoms with Crippen LogP contribution in [0.4, 0.5) is 5.69 Å². The highest BCUT2D eigenvalue weighted by Gasteiger charge is 2.13. The van der Waals surface area contributed by atoms with Gasteiger partial charge in [-0.05, 0) is 37.1 Å². The zero-order valence-electron chi connectivity index (χ0n) is 10.8. The zero-order valence-corrected chi connectivity index (χ0v) is 10.8. The van der Waals surface area contributed by atoms with Crippen molar-refractivity contribution in [3.05, 3.63) is 29.3 Å². The number of fused-ring (bicyclic) bond motifs is 1. The summed E-state index contributed by atoms with van der Waals surface area (Å²) in [7, 11) is 0. The molecule has 1 aromatic rings. The summed E-state index contributed by atoms with van der Waals surface area (Å²) in [6.45, 7) is 4.92. The SMILES string of the molecule is CCOCCC(=O)Nc1cccc2c1CCNC2. The number of hydrogen-bond donors (Lipinski definition) is 2. The summed E-state index contributed by atoms with van der Waals surface area (Å²) in [4.78, 5) is 11.8. The molecule has 18 heavy (non-hydrogen) atoms. The Labute approximate surface area is 108 Å². The van der Waals surface area contributed by atoms with Gasteiger partial charge >= 0.3 is 0 Å². The maximum Gasteiger partial charge on any atom is 0.226 e. The van der Waals surface area contributed by atoms with Crippen LogP contribution in [0.1, 0.15) is 24.5 Å². The normalized spacial score (nSPS) is 14.1. The van der Waals surface area contributed by atoms with Crippen molar-refractivity contribution in [3.8, 4) is 0 Å². The molecule has 4 heteroatoms. The summed E-state index contributed by atoms with van der Waals surface area (Å²) >= 11 is 0. The van der Waals surface area contributed by atoms with E-state index < -0.39 is 0 Å². The highest BCUT2D eigenvalue weighted by atomic mass is 16.5. The lowest BCUT2D eigenvalue weighted by molar-refractivity contribution is -0.117. The number of hydrogen-bond acceptors (Lipinski definition) is 3. The molecule has 1 heterocycles. The number of carbonyl (C=O) groups is 1. The maximum absolute atomic E-state index is 11.8. The Balaban J connectivity index is 1.98. The van der Waals surface area contributed by atoms with Crippen molar-refractivity contribution in [2.24, 2.45) is 0 Å². The van der Waals surface area contributed by atoms with E-state index >= 15 is 0 Å². The van der Waals surface area contributed by atoms with Crippen LogP contribution < -0.4 is 10.6 Å². The predicted octanol–water partition coefficient (Wildman–Crippen LogP) is 1.70. The molecule has 1 aromatic carbocycles. The van der Waals surface area contributed by atoms with E-state index in [0.717, 1.165) is 25.2 Å². The summed E-state index contributed by atoms with van der Waals surface area (Å²) in [5.74, 6) is 0.0235. The van der Waals surface area contributed by atoms with Gasteiger partial charge in [-0.1, -0.05) is 12.1 Å². The van der Waals surface area contributed by atoms with Crippen LogP contribution in [-0.4, -0.2) is 25.7 Å². The molecule has 0 saturated heterocycles. The third-order valence-electron chi connectivity index (χ3n) is 3.09. The van der Waals surface area contributed by atoms with Gasteiger partial charge in [-0.25, -0.2) is 0 Å². The molecule has 0 saturated carbocycles. The molecule has 4 nitrogen and oxygen atoms in total. The third kappa shape index (κ3) is 3.31. The quantitative estimate of drug-likeness (QED) is 0.780. The van der Waals surface area contributed by atoms with Crippen molar-refractivity contribution in [2.45, 2.75) is 26.3 Å². The Morgan fingerprint density at radius 2 is 2.39 bits per heavy atom. The second kappa shape index (κ2) is 6.52. The smallest absolute Gasteiger partial charge is 0.226 e. The molecule has 1 aliphatic heterocycles. The van der Waals surface area contributed by atoms with E-state index in [4.69, 9.17) is 4.74 Å². The van der Waals surface area contributed by atoms with Crippen LogP contribution in [0.25, 0.3) is 0 Å². The fourth-order valence-corrected chi connectivity index (χ4v) is 2.17. The molecule has 2 rings (SSSR count). The van der Waals surface area contributed by atoms with Crippen molar-refractivity contribution >= 4 is 11.6 Å². The molecule has 0 fully saturated rings. The summed E-state index contributed by atoms with van der Waals surface area (Å²) < 4.78 is 5.18. The van der Waals surface area contributed by atoms with Gasteiger partial charge in [-0.15, -0.1) is 0 Å². The maximum atomic E-state index is 11.8. The van der Waals surface area contributed by atoms with Crippen molar-refractivity contribution in [3.63, 3.8) is 0 Å². The lowest BCUT2D eigenvalue weighted by atomic mass is 9.99. The molecule has 1 aliphatic rings. The van der Waals surface area contributed by atoms with Gasteiger partial charge in [0, 0.05) is 18.8 Å². The number of anilines is 1. The van der Waals surface area contributed by atoms with Crippen LogP contribution in [-0.2, 0) is 22.5 Å². The Morgan fingerprint density at radius 1 is 1.50 bits per heavy atom. The van der Waals surface area contributed by atoms with E-state index in [-0.39, 0.29) is 5.91 Å². The van der Waals surface area contributed by atoms with E-state index in [9.17, 15) is 4.79 Å². The third-order valence-corrected chi connectivity index (χ3v) is 3.09. The summed E-state index contributed by atoms with van der Waals surface area (Å²) in [5, 5.41) is 6.31. The summed E-state index contributed by atoms with van der Waals surface area (Å²) in [6.07, 6.45) is 1.38. The molecule has 0 bridgehead atoms. The van der Waals surface area contributed by atoms with Crippen molar-refractivity contribution in [1.82, 2.24) is 5.32 Å². The van der Waals surface area contributed by atoms with Crippen LogP contribution in [0.15, 0.2) is 18.2 Å². The van der Waals surface area contributed by atoms with Crippen molar-refractivity contribution in [1.29, 1.82) is 0 Å². The van der Waals surface area contributed by atoms with Gasteiger partial charge in [-0.2, -0.15) is 0 Å². The minimum absolute atomic E-state index is 0.0235. The van der Waals surface area contributed by atoms with Crippen molar-refractivity contribution in [2.75, 3.05) is 25.1 Å². The first-order valence-corrected chi connectivity index (χ1v) is 6.50. The average molecular weight is 248 g/mol. The number of ether oxygens (including phenoxy) is 1. The van der Waals surface area contributed by atoms with Gasteiger partial charge in [0.05, 0.1) is 13.0 Å². The first-order valence-electron chi connectivity index (χ1n) is 6.50. The molecule has 98 valence electrons. The molecule has 0 aliphatic carbocycles. The Bertz CT molecular complexity index is 418. The molecule has 0 unspecified atom stereocenters. The predicted molar refractivity (Wildman–Crippen MR) is 71.6 cm³/mol. The number of nitrogens with one attached hydrogen (secondary N) is 2. The van der Waals surface area contributed by atoms with E-state index in [1.165, 1.54) is 11.1 Å². The number of carbonyl (C=O) groups excluding carboxylic acids is 1. The Morgan fingerprint density at radius 3 is 3.22 bits per heavy atom. The minimum Gasteiger partial charge on any atom is -0.381 e. The van der Waals surface area contributed by atoms with Crippen LogP contribution in [0.3, 0.4) is 0 Å². The molecule has 0 aromatic heterocycles. The van der Waals surface area contributed by atoms with E-state index in [0.29, 0.717) is 19.6 Å². The van der Waals surface area contributed by atoms with Crippen LogP contribution in [0, 0.1) is 0 Å². The second-order valence-electron chi connectivity index (χ2n) is 4.37. The summed E-state index contributed by atoms with van der Waals surface area (Å²) in [6, 6.07) is 6.07. The zero-order chi connectivity index (χ0) is 12.8. The fraction of sp³-hybridized carbons (Fsp3) is 0.500. The molecular weight excluding hydrogens is 228 g/mol. The van der Waals surface area contributed by atoms with Gasteiger partial charge in [0.25, 0.3) is 0 Å². The van der Waals surface area contributed by atoms with Crippen LogP contribution >= 0.6 is 0 Å². The van der Waals surface area contributed by atoms with Gasteiger partial charge in [0.1, 0.15) is 0 Å². The molecule has 2 N–H and O–H groups in total. The molecule has 0 radical (unpaired) electrons. The largest absolute Gasteiger partial charge is 0.381 e. The van der Waals surface area contributed by atoms with E-state index in [1.807, 2.05) is 19.1 Å². The topological polar surface area (TPSA) is 50.4 Å². The molecular formula is C14H20N2O2.